The number of hydrogen-bond acceptors (Lipinski definition) is 2. The fraction of sp³-hybridized carbons (Fsp3) is 0.103. The second kappa shape index (κ2) is 8.81. The molecule has 4 aromatic carbocycles. The molecule has 5 rings (SSSR count). The van der Waals surface area contributed by atoms with Gasteiger partial charge in [0.05, 0.1) is 23.1 Å². The number of hydrogen-bond donors (Lipinski definition) is 1. The van der Waals surface area contributed by atoms with E-state index in [-0.39, 0.29) is 5.56 Å². The molecule has 0 unspecified atom stereocenters. The highest BCUT2D eigenvalue weighted by Crippen LogP contribution is 2.31. The van der Waals surface area contributed by atoms with Crippen LogP contribution in [0.5, 0.6) is 0 Å². The first-order chi connectivity index (χ1) is 16.4. The molecule has 0 amide bonds. The van der Waals surface area contributed by atoms with Crippen LogP contribution in [-0.2, 0) is 6.54 Å². The molecule has 0 fully saturated rings. The Morgan fingerprint density at radius 2 is 1.59 bits per heavy atom. The van der Waals surface area contributed by atoms with Crippen LogP contribution >= 0.6 is 11.6 Å². The van der Waals surface area contributed by atoms with Crippen LogP contribution in [0.4, 0.5) is 0 Å². The third-order valence-corrected chi connectivity index (χ3v) is 6.52. The van der Waals surface area contributed by atoms with Crippen molar-refractivity contribution in [3.05, 3.63) is 112 Å². The lowest BCUT2D eigenvalue weighted by atomic mass is 10.00. The predicted molar refractivity (Wildman–Crippen MR) is 138 cm³/mol. The predicted octanol–water partition coefficient (Wildman–Crippen LogP) is 7.39. The number of fused-ring (bicyclic) bond motifs is 1. The minimum Gasteiger partial charge on any atom is -0.478 e. The lowest BCUT2D eigenvalue weighted by Gasteiger charge is -2.12. The zero-order chi connectivity index (χ0) is 23.8. The summed E-state index contributed by atoms with van der Waals surface area (Å²) in [7, 11) is 0. The molecule has 0 aliphatic carbocycles. The minimum absolute atomic E-state index is 0.269. The first kappa shape index (κ1) is 21.9. The number of nitrogens with zero attached hydrogens (tertiary/aromatic N) is 2. The number of carboxylic acid groups (broad SMARTS) is 1. The molecule has 34 heavy (non-hydrogen) atoms. The summed E-state index contributed by atoms with van der Waals surface area (Å²) >= 11 is 6.72. The van der Waals surface area contributed by atoms with Crippen molar-refractivity contribution in [2.75, 3.05) is 0 Å². The standard InChI is InChI=1S/C29H23ClN2O2/c1-18-13-25(21-9-6-10-23(14-21)29(33)34)16-27-28(18)31-19(2)32(27)17-24-12-11-22(15-26(24)30)20-7-4-3-5-8-20/h3-16H,17H2,1-2H3,(H,33,34). The summed E-state index contributed by atoms with van der Waals surface area (Å²) in [6.07, 6.45) is 0. The summed E-state index contributed by atoms with van der Waals surface area (Å²) in [6, 6.07) is 27.5. The van der Waals surface area contributed by atoms with E-state index in [1.54, 1.807) is 18.2 Å². The van der Waals surface area contributed by atoms with Crippen molar-refractivity contribution < 1.29 is 9.90 Å². The van der Waals surface area contributed by atoms with Crippen LogP contribution < -0.4 is 0 Å². The van der Waals surface area contributed by atoms with E-state index >= 15 is 0 Å². The average molecular weight is 467 g/mol. The quantitative estimate of drug-likeness (QED) is 0.294. The smallest absolute Gasteiger partial charge is 0.335 e. The Bertz CT molecular complexity index is 1540. The molecule has 5 aromatic rings. The number of aromatic nitrogens is 2. The highest BCUT2D eigenvalue weighted by Gasteiger charge is 2.15. The van der Waals surface area contributed by atoms with Gasteiger partial charge in [-0.3, -0.25) is 0 Å². The molecule has 4 nitrogen and oxygen atoms in total. The van der Waals surface area contributed by atoms with Crippen molar-refractivity contribution >= 4 is 28.6 Å². The molecular formula is C29H23ClN2O2. The molecule has 0 bridgehead atoms. The van der Waals surface area contributed by atoms with E-state index in [1.165, 1.54) is 0 Å². The number of rotatable bonds is 5. The average Bonchev–Trinajstić information content (AvgIpc) is 3.16. The summed E-state index contributed by atoms with van der Waals surface area (Å²) in [4.78, 5) is 16.3. The van der Waals surface area contributed by atoms with E-state index in [0.717, 1.165) is 50.2 Å². The Morgan fingerprint density at radius 3 is 2.32 bits per heavy atom. The maximum absolute atomic E-state index is 11.4. The molecule has 0 atom stereocenters. The van der Waals surface area contributed by atoms with E-state index in [4.69, 9.17) is 16.6 Å². The zero-order valence-corrected chi connectivity index (χ0v) is 19.7. The van der Waals surface area contributed by atoms with Gasteiger partial charge in [-0.15, -0.1) is 0 Å². The van der Waals surface area contributed by atoms with E-state index in [9.17, 15) is 9.90 Å². The number of carboxylic acids is 1. The second-order valence-electron chi connectivity index (χ2n) is 8.46. The molecule has 0 aliphatic rings. The van der Waals surface area contributed by atoms with Gasteiger partial charge in [0, 0.05) is 5.02 Å². The highest BCUT2D eigenvalue weighted by molar-refractivity contribution is 6.31. The first-order valence-electron chi connectivity index (χ1n) is 11.1. The third-order valence-electron chi connectivity index (χ3n) is 6.17. The largest absolute Gasteiger partial charge is 0.478 e. The normalized spacial score (nSPS) is 11.1. The Balaban J connectivity index is 1.56. The van der Waals surface area contributed by atoms with Crippen molar-refractivity contribution in [3.63, 3.8) is 0 Å². The van der Waals surface area contributed by atoms with E-state index in [2.05, 4.69) is 41.0 Å². The second-order valence-corrected chi connectivity index (χ2v) is 8.87. The van der Waals surface area contributed by atoms with Crippen LogP contribution in [-0.4, -0.2) is 20.6 Å². The topological polar surface area (TPSA) is 55.1 Å². The molecule has 0 saturated carbocycles. The van der Waals surface area contributed by atoms with Gasteiger partial charge >= 0.3 is 5.97 Å². The molecule has 0 saturated heterocycles. The van der Waals surface area contributed by atoms with Gasteiger partial charge in [0.2, 0.25) is 0 Å². The van der Waals surface area contributed by atoms with Crippen LogP contribution in [0.2, 0.25) is 5.02 Å². The van der Waals surface area contributed by atoms with Gasteiger partial charge in [0.25, 0.3) is 0 Å². The molecule has 1 N–H and O–H groups in total. The number of halogens is 1. The zero-order valence-electron chi connectivity index (χ0n) is 18.9. The molecule has 1 aromatic heterocycles. The van der Waals surface area contributed by atoms with Gasteiger partial charge in [0.15, 0.2) is 0 Å². The van der Waals surface area contributed by atoms with Crippen molar-refractivity contribution in [3.8, 4) is 22.3 Å². The summed E-state index contributed by atoms with van der Waals surface area (Å²) in [5.41, 5.74) is 8.29. The van der Waals surface area contributed by atoms with Crippen molar-refractivity contribution in [2.45, 2.75) is 20.4 Å². The minimum atomic E-state index is -0.936. The molecule has 1 heterocycles. The number of carbonyl (C=O) groups is 1. The van der Waals surface area contributed by atoms with Crippen LogP contribution in [0.3, 0.4) is 0 Å². The van der Waals surface area contributed by atoms with Crippen molar-refractivity contribution in [1.82, 2.24) is 9.55 Å². The maximum atomic E-state index is 11.4. The lowest BCUT2D eigenvalue weighted by molar-refractivity contribution is 0.0697. The summed E-state index contributed by atoms with van der Waals surface area (Å²) < 4.78 is 2.16. The van der Waals surface area contributed by atoms with E-state index in [1.807, 2.05) is 44.2 Å². The summed E-state index contributed by atoms with van der Waals surface area (Å²) in [5, 5.41) is 10.1. The molecule has 0 radical (unpaired) electrons. The maximum Gasteiger partial charge on any atom is 0.335 e. The van der Waals surface area contributed by atoms with E-state index in [0.29, 0.717) is 11.6 Å². The molecular weight excluding hydrogens is 444 g/mol. The molecule has 5 heteroatoms. The fourth-order valence-corrected chi connectivity index (χ4v) is 4.60. The van der Waals surface area contributed by atoms with Crippen molar-refractivity contribution in [1.29, 1.82) is 0 Å². The van der Waals surface area contributed by atoms with Crippen LogP contribution in [0.1, 0.15) is 27.3 Å². The molecule has 168 valence electrons. The monoisotopic (exact) mass is 466 g/mol. The lowest BCUT2D eigenvalue weighted by Crippen LogP contribution is -2.03. The Morgan fingerprint density at radius 1 is 0.853 bits per heavy atom. The third kappa shape index (κ3) is 4.09. The number of benzene rings is 4. The van der Waals surface area contributed by atoms with Gasteiger partial charge < -0.3 is 9.67 Å². The van der Waals surface area contributed by atoms with Gasteiger partial charge in [-0.2, -0.15) is 0 Å². The van der Waals surface area contributed by atoms with Crippen LogP contribution in [0, 0.1) is 13.8 Å². The number of aromatic carboxylic acids is 1. The molecule has 0 spiro atoms. The Kier molecular flexibility index (Phi) is 5.68. The van der Waals surface area contributed by atoms with E-state index < -0.39 is 5.97 Å². The van der Waals surface area contributed by atoms with Crippen LogP contribution in [0.25, 0.3) is 33.3 Å². The molecule has 0 aliphatic heterocycles. The first-order valence-corrected chi connectivity index (χ1v) is 11.4. The highest BCUT2D eigenvalue weighted by atomic mass is 35.5. The summed E-state index contributed by atoms with van der Waals surface area (Å²) in [6.45, 7) is 4.62. The van der Waals surface area contributed by atoms with Gasteiger partial charge in [-0.25, -0.2) is 9.78 Å². The van der Waals surface area contributed by atoms with Crippen molar-refractivity contribution in [2.24, 2.45) is 0 Å². The number of aryl methyl sites for hydroxylation is 2. The van der Waals surface area contributed by atoms with Gasteiger partial charge in [-0.1, -0.05) is 66.2 Å². The van der Waals surface area contributed by atoms with Gasteiger partial charge in [-0.05, 0) is 77.6 Å². The Hall–Kier alpha value is -3.89. The summed E-state index contributed by atoms with van der Waals surface area (Å²) in [5.74, 6) is -0.0353. The number of imidazole rings is 1. The Labute approximate surface area is 203 Å². The van der Waals surface area contributed by atoms with Crippen LogP contribution in [0.15, 0.2) is 84.9 Å². The SMILES string of the molecule is Cc1cc(-c2cccc(C(=O)O)c2)cc2c1nc(C)n2Cc1ccc(-c2ccccc2)cc1Cl. The van der Waals surface area contributed by atoms with Gasteiger partial charge in [0.1, 0.15) is 5.82 Å². The fourth-order valence-electron chi connectivity index (χ4n) is 4.36.